The summed E-state index contributed by atoms with van der Waals surface area (Å²) in [7, 11) is 0. The fourth-order valence-electron chi connectivity index (χ4n) is 7.90. The average molecular weight is 716 g/mol. The van der Waals surface area contributed by atoms with Gasteiger partial charge in [-0.1, -0.05) is 176 Å². The summed E-state index contributed by atoms with van der Waals surface area (Å²) in [5.74, 6) is 0.846. The van der Waals surface area contributed by atoms with Gasteiger partial charge in [-0.05, 0) is 98.2 Å². The minimum Gasteiger partial charge on any atom is -0.455 e. The summed E-state index contributed by atoms with van der Waals surface area (Å²) in [5, 5.41) is 3.55. The Morgan fingerprint density at radius 1 is 0.321 bits per heavy atom. The van der Waals surface area contributed by atoms with E-state index >= 15 is 0 Å². The number of anilines is 3. The lowest BCUT2D eigenvalue weighted by molar-refractivity contribution is 0.632. The zero-order valence-electron chi connectivity index (χ0n) is 30.7. The molecule has 0 bridgehead atoms. The SMILES string of the molecule is c1ccc(-c2ccc(-c3ccc(N(c4cccc(-c5ccc6ccccc6c5)c4)c4ccccc4-c4oc5ccccc5c4-c4ccccc4)cc3)cc2)cc1. The van der Waals surface area contributed by atoms with E-state index < -0.39 is 0 Å². The third kappa shape index (κ3) is 6.24. The molecule has 9 aromatic carbocycles. The first kappa shape index (κ1) is 33.2. The quantitative estimate of drug-likeness (QED) is 0.156. The van der Waals surface area contributed by atoms with Crippen molar-refractivity contribution in [1.29, 1.82) is 0 Å². The Morgan fingerprint density at radius 2 is 0.857 bits per heavy atom. The van der Waals surface area contributed by atoms with Crippen LogP contribution in [-0.2, 0) is 0 Å². The fraction of sp³-hybridized carbons (Fsp3) is 0. The van der Waals surface area contributed by atoms with Crippen LogP contribution in [0.3, 0.4) is 0 Å². The molecule has 2 heteroatoms. The van der Waals surface area contributed by atoms with Crippen LogP contribution in [0, 0.1) is 0 Å². The molecule has 10 aromatic rings. The van der Waals surface area contributed by atoms with Crippen LogP contribution >= 0.6 is 0 Å². The molecule has 0 radical (unpaired) electrons. The van der Waals surface area contributed by atoms with Crippen LogP contribution in [0.2, 0.25) is 0 Å². The largest absolute Gasteiger partial charge is 0.455 e. The highest BCUT2D eigenvalue weighted by Gasteiger charge is 2.24. The molecule has 0 N–H and O–H groups in total. The fourth-order valence-corrected chi connectivity index (χ4v) is 7.90. The number of nitrogens with zero attached hydrogens (tertiary/aromatic N) is 1. The summed E-state index contributed by atoms with van der Waals surface area (Å²) in [6, 6.07) is 79.9. The summed E-state index contributed by atoms with van der Waals surface area (Å²) in [6.07, 6.45) is 0. The van der Waals surface area contributed by atoms with Gasteiger partial charge < -0.3 is 9.32 Å². The van der Waals surface area contributed by atoms with Gasteiger partial charge in [0, 0.05) is 27.9 Å². The maximum atomic E-state index is 6.83. The Kier molecular flexibility index (Phi) is 8.55. The average Bonchev–Trinajstić information content (AvgIpc) is 3.67. The van der Waals surface area contributed by atoms with Crippen molar-refractivity contribution in [2.45, 2.75) is 0 Å². The van der Waals surface area contributed by atoms with E-state index in [9.17, 15) is 0 Å². The lowest BCUT2D eigenvalue weighted by Crippen LogP contribution is -2.11. The summed E-state index contributed by atoms with van der Waals surface area (Å²) < 4.78 is 6.83. The monoisotopic (exact) mass is 715 g/mol. The molecule has 2 nitrogen and oxygen atoms in total. The highest BCUT2D eigenvalue weighted by Crippen LogP contribution is 2.47. The minimum absolute atomic E-state index is 0.846. The zero-order chi connectivity index (χ0) is 37.3. The lowest BCUT2D eigenvalue weighted by atomic mass is 9.96. The molecule has 0 spiro atoms. The molecule has 1 aromatic heterocycles. The normalized spacial score (nSPS) is 11.2. The predicted octanol–water partition coefficient (Wildman–Crippen LogP) is 15.4. The first-order valence-electron chi connectivity index (χ1n) is 19.1. The van der Waals surface area contributed by atoms with Crippen LogP contribution in [0.5, 0.6) is 0 Å². The van der Waals surface area contributed by atoms with Gasteiger partial charge in [-0.25, -0.2) is 0 Å². The van der Waals surface area contributed by atoms with Crippen LogP contribution in [-0.4, -0.2) is 0 Å². The molecule has 1 heterocycles. The Hall–Kier alpha value is -7.42. The molecule has 0 saturated heterocycles. The van der Waals surface area contributed by atoms with Gasteiger partial charge in [0.1, 0.15) is 11.3 Å². The second kappa shape index (κ2) is 14.4. The Labute approximate surface area is 327 Å². The van der Waals surface area contributed by atoms with Crippen molar-refractivity contribution >= 4 is 38.8 Å². The molecule has 0 atom stereocenters. The van der Waals surface area contributed by atoms with Crippen LogP contribution < -0.4 is 4.90 Å². The van der Waals surface area contributed by atoms with Gasteiger partial charge in [0.25, 0.3) is 0 Å². The van der Waals surface area contributed by atoms with E-state index in [1.807, 2.05) is 6.07 Å². The number of fused-ring (bicyclic) bond motifs is 2. The van der Waals surface area contributed by atoms with E-state index in [1.165, 1.54) is 33.0 Å². The maximum Gasteiger partial charge on any atom is 0.145 e. The van der Waals surface area contributed by atoms with Crippen molar-refractivity contribution in [1.82, 2.24) is 0 Å². The molecule has 0 saturated carbocycles. The molecule has 56 heavy (non-hydrogen) atoms. The molecule has 10 rings (SSSR count). The first-order chi connectivity index (χ1) is 27.8. The predicted molar refractivity (Wildman–Crippen MR) is 236 cm³/mol. The van der Waals surface area contributed by atoms with Crippen molar-refractivity contribution in [3.63, 3.8) is 0 Å². The highest BCUT2D eigenvalue weighted by atomic mass is 16.3. The molecule has 0 aliphatic carbocycles. The van der Waals surface area contributed by atoms with Gasteiger partial charge in [-0.2, -0.15) is 0 Å². The second-order valence-electron chi connectivity index (χ2n) is 14.1. The van der Waals surface area contributed by atoms with Crippen molar-refractivity contribution < 1.29 is 4.42 Å². The molecule has 264 valence electrons. The Morgan fingerprint density at radius 3 is 1.61 bits per heavy atom. The molecule has 0 aliphatic rings. The van der Waals surface area contributed by atoms with Crippen LogP contribution in [0.1, 0.15) is 0 Å². The van der Waals surface area contributed by atoms with Crippen LogP contribution in [0.4, 0.5) is 17.1 Å². The van der Waals surface area contributed by atoms with Crippen LogP contribution in [0.25, 0.3) is 77.6 Å². The smallest absolute Gasteiger partial charge is 0.145 e. The minimum atomic E-state index is 0.846. The van der Waals surface area contributed by atoms with Gasteiger partial charge in [0.15, 0.2) is 0 Å². The highest BCUT2D eigenvalue weighted by molar-refractivity contribution is 6.04. The van der Waals surface area contributed by atoms with Crippen molar-refractivity contribution in [2.75, 3.05) is 4.90 Å². The maximum absolute atomic E-state index is 6.83. The molecule has 0 fully saturated rings. The van der Waals surface area contributed by atoms with E-state index in [4.69, 9.17) is 4.42 Å². The Balaban J connectivity index is 1.12. The number of hydrogen-bond acceptors (Lipinski definition) is 2. The molecular formula is C54H37NO. The molecule has 0 aliphatic heterocycles. The number of hydrogen-bond donors (Lipinski definition) is 0. The van der Waals surface area contributed by atoms with Crippen molar-refractivity contribution in [3.05, 3.63) is 224 Å². The molecular weight excluding hydrogens is 679 g/mol. The lowest BCUT2D eigenvalue weighted by Gasteiger charge is -2.28. The number of furan rings is 1. The summed E-state index contributed by atoms with van der Waals surface area (Å²) in [4.78, 5) is 2.37. The third-order valence-electron chi connectivity index (χ3n) is 10.7. The summed E-state index contributed by atoms with van der Waals surface area (Å²) in [6.45, 7) is 0. The summed E-state index contributed by atoms with van der Waals surface area (Å²) >= 11 is 0. The topological polar surface area (TPSA) is 16.4 Å². The second-order valence-corrected chi connectivity index (χ2v) is 14.1. The Bertz CT molecular complexity index is 2940. The van der Waals surface area contributed by atoms with Gasteiger partial charge in [0.2, 0.25) is 0 Å². The third-order valence-corrected chi connectivity index (χ3v) is 10.7. The van der Waals surface area contributed by atoms with Crippen molar-refractivity contribution in [2.24, 2.45) is 0 Å². The van der Waals surface area contributed by atoms with Gasteiger partial charge in [-0.15, -0.1) is 0 Å². The van der Waals surface area contributed by atoms with Crippen molar-refractivity contribution in [3.8, 4) is 55.8 Å². The summed E-state index contributed by atoms with van der Waals surface area (Å²) in [5.41, 5.74) is 14.3. The number of para-hydroxylation sites is 2. The van der Waals surface area contributed by atoms with E-state index in [-0.39, 0.29) is 0 Å². The van der Waals surface area contributed by atoms with E-state index in [0.717, 1.165) is 61.6 Å². The number of benzene rings is 9. The van der Waals surface area contributed by atoms with Gasteiger partial charge in [-0.3, -0.25) is 0 Å². The standard InChI is InChI=1S/C54H37NO/c1-3-14-38(15-4-1)40-26-28-41(29-27-40)42-32-34-47(35-33-42)55(48-21-13-20-45(37-48)46-31-30-39-16-7-8-19-44(39)36-46)51-24-11-9-22-49(51)54-53(43-17-5-2-6-18-43)50-23-10-12-25-52(50)56-54/h1-37H. The zero-order valence-corrected chi connectivity index (χ0v) is 30.7. The molecule has 0 unspecified atom stereocenters. The molecule has 0 amide bonds. The van der Waals surface area contributed by atoms with Crippen LogP contribution in [0.15, 0.2) is 229 Å². The van der Waals surface area contributed by atoms with E-state index in [1.54, 1.807) is 0 Å². The van der Waals surface area contributed by atoms with E-state index in [0.29, 0.717) is 0 Å². The van der Waals surface area contributed by atoms with E-state index in [2.05, 4.69) is 223 Å². The van der Waals surface area contributed by atoms with Gasteiger partial charge >= 0.3 is 0 Å². The number of rotatable bonds is 8. The van der Waals surface area contributed by atoms with Gasteiger partial charge in [0.05, 0.1) is 5.69 Å². The first-order valence-corrected chi connectivity index (χ1v) is 19.1.